The molecule has 0 aliphatic carbocycles. The van der Waals surface area contributed by atoms with Crippen molar-refractivity contribution in [1.82, 2.24) is 0 Å². The summed E-state index contributed by atoms with van der Waals surface area (Å²) in [5.74, 6) is -0.619. The number of esters is 1. The molecule has 23 heavy (non-hydrogen) atoms. The maximum absolute atomic E-state index is 12.1. The van der Waals surface area contributed by atoms with E-state index >= 15 is 0 Å². The molecule has 120 valence electrons. The minimum atomic E-state index is -0.470. The lowest BCUT2D eigenvalue weighted by molar-refractivity contribution is -0.116. The van der Waals surface area contributed by atoms with Crippen LogP contribution < -0.4 is 10.2 Å². The molecule has 0 radical (unpaired) electrons. The van der Waals surface area contributed by atoms with Crippen LogP contribution in [0.2, 0.25) is 0 Å². The minimum absolute atomic E-state index is 0.149. The fraction of sp³-hybridized carbons (Fsp3) is 0.222. The van der Waals surface area contributed by atoms with Crippen LogP contribution in [0.3, 0.4) is 0 Å². The van der Waals surface area contributed by atoms with Gasteiger partial charge in [-0.3, -0.25) is 4.79 Å². The van der Waals surface area contributed by atoms with Crippen molar-refractivity contribution < 1.29 is 14.3 Å². The Hall–Kier alpha value is -2.82. The first-order chi connectivity index (χ1) is 11.1. The number of benzene rings is 2. The Kier molecular flexibility index (Phi) is 5.74. The van der Waals surface area contributed by atoms with Crippen LogP contribution in [0.25, 0.3) is 0 Å². The molecule has 2 aromatic rings. The standard InChI is InChI=1S/C18H20N2O3/c1-20(14-8-4-3-5-9-14)13-12-17(21)19-16-11-7-6-10-15(16)18(22)23-2/h3-11H,12-13H2,1-2H3,(H,19,21). The molecule has 0 aliphatic heterocycles. The third kappa shape index (κ3) is 4.57. The molecule has 1 N–H and O–H groups in total. The molecule has 0 fully saturated rings. The number of nitrogens with zero attached hydrogens (tertiary/aromatic N) is 1. The quantitative estimate of drug-likeness (QED) is 0.833. The van der Waals surface area contributed by atoms with Crippen molar-refractivity contribution in [3.63, 3.8) is 0 Å². The molecular formula is C18H20N2O3. The number of ether oxygens (including phenoxy) is 1. The third-order valence-electron chi connectivity index (χ3n) is 3.48. The SMILES string of the molecule is COC(=O)c1ccccc1NC(=O)CCN(C)c1ccccc1. The second-order valence-corrected chi connectivity index (χ2v) is 5.09. The van der Waals surface area contributed by atoms with Gasteiger partial charge in [-0.25, -0.2) is 4.79 Å². The van der Waals surface area contributed by atoms with Crippen LogP contribution in [0.5, 0.6) is 0 Å². The second-order valence-electron chi connectivity index (χ2n) is 5.09. The molecule has 0 saturated heterocycles. The van der Waals surface area contributed by atoms with E-state index in [1.54, 1.807) is 24.3 Å². The number of hydrogen-bond donors (Lipinski definition) is 1. The number of anilines is 2. The molecule has 0 atom stereocenters. The Morgan fingerprint density at radius 1 is 1.04 bits per heavy atom. The average molecular weight is 312 g/mol. The normalized spacial score (nSPS) is 10.0. The maximum atomic E-state index is 12.1. The smallest absolute Gasteiger partial charge is 0.339 e. The Bertz CT molecular complexity index is 671. The summed E-state index contributed by atoms with van der Waals surface area (Å²) in [5.41, 5.74) is 1.86. The lowest BCUT2D eigenvalue weighted by Gasteiger charge is -2.19. The highest BCUT2D eigenvalue weighted by Gasteiger charge is 2.13. The van der Waals surface area contributed by atoms with E-state index < -0.39 is 5.97 Å². The van der Waals surface area contributed by atoms with Gasteiger partial charge in [0.05, 0.1) is 18.4 Å². The summed E-state index contributed by atoms with van der Waals surface area (Å²) in [7, 11) is 3.25. The molecule has 1 amide bonds. The van der Waals surface area contributed by atoms with Gasteiger partial charge < -0.3 is 15.0 Å². The topological polar surface area (TPSA) is 58.6 Å². The Morgan fingerprint density at radius 3 is 2.39 bits per heavy atom. The summed E-state index contributed by atoms with van der Waals surface area (Å²) in [6.07, 6.45) is 0.320. The summed E-state index contributed by atoms with van der Waals surface area (Å²) in [6, 6.07) is 16.6. The molecular weight excluding hydrogens is 292 g/mol. The van der Waals surface area contributed by atoms with Crippen LogP contribution in [0.4, 0.5) is 11.4 Å². The summed E-state index contributed by atoms with van der Waals surface area (Å²) >= 11 is 0. The summed E-state index contributed by atoms with van der Waals surface area (Å²) in [6.45, 7) is 0.580. The minimum Gasteiger partial charge on any atom is -0.465 e. The van der Waals surface area contributed by atoms with Crippen molar-refractivity contribution >= 4 is 23.3 Å². The van der Waals surface area contributed by atoms with E-state index in [2.05, 4.69) is 5.32 Å². The van der Waals surface area contributed by atoms with E-state index in [4.69, 9.17) is 4.74 Å². The molecule has 0 spiro atoms. The molecule has 0 saturated carbocycles. The van der Waals surface area contributed by atoms with Crippen LogP contribution in [0.1, 0.15) is 16.8 Å². The van der Waals surface area contributed by atoms with Crippen molar-refractivity contribution in [3.8, 4) is 0 Å². The second kappa shape index (κ2) is 7.98. The third-order valence-corrected chi connectivity index (χ3v) is 3.48. The Balaban J connectivity index is 1.94. The molecule has 5 heteroatoms. The number of methoxy groups -OCH3 is 1. The molecule has 5 nitrogen and oxygen atoms in total. The zero-order chi connectivity index (χ0) is 16.7. The van der Waals surface area contributed by atoms with Crippen LogP contribution in [0.15, 0.2) is 54.6 Å². The van der Waals surface area contributed by atoms with E-state index in [1.807, 2.05) is 42.3 Å². The first-order valence-corrected chi connectivity index (χ1v) is 7.35. The van der Waals surface area contributed by atoms with Gasteiger partial charge in [-0.2, -0.15) is 0 Å². The van der Waals surface area contributed by atoms with Gasteiger partial charge in [0.25, 0.3) is 0 Å². The van der Waals surface area contributed by atoms with Crippen LogP contribution in [-0.2, 0) is 9.53 Å². The van der Waals surface area contributed by atoms with Gasteiger partial charge >= 0.3 is 5.97 Å². The largest absolute Gasteiger partial charge is 0.465 e. The first kappa shape index (κ1) is 16.5. The molecule has 0 unspecified atom stereocenters. The van der Waals surface area contributed by atoms with E-state index in [-0.39, 0.29) is 5.91 Å². The maximum Gasteiger partial charge on any atom is 0.339 e. The molecule has 0 bridgehead atoms. The van der Waals surface area contributed by atoms with E-state index in [0.717, 1.165) is 5.69 Å². The Morgan fingerprint density at radius 2 is 1.70 bits per heavy atom. The fourth-order valence-corrected chi connectivity index (χ4v) is 2.17. The van der Waals surface area contributed by atoms with Gasteiger partial charge in [-0.05, 0) is 24.3 Å². The average Bonchev–Trinajstić information content (AvgIpc) is 2.60. The predicted molar refractivity (Wildman–Crippen MR) is 90.7 cm³/mol. The number of nitrogens with one attached hydrogen (secondary N) is 1. The van der Waals surface area contributed by atoms with Crippen molar-refractivity contribution in [2.75, 3.05) is 30.9 Å². The van der Waals surface area contributed by atoms with Gasteiger partial charge in [0.2, 0.25) is 5.91 Å². The van der Waals surface area contributed by atoms with E-state index in [9.17, 15) is 9.59 Å². The zero-order valence-corrected chi connectivity index (χ0v) is 13.3. The molecule has 0 heterocycles. The summed E-state index contributed by atoms with van der Waals surface area (Å²) in [5, 5.41) is 2.77. The van der Waals surface area contributed by atoms with Crippen LogP contribution >= 0.6 is 0 Å². The highest BCUT2D eigenvalue weighted by atomic mass is 16.5. The number of carbonyl (C=O) groups excluding carboxylic acids is 2. The fourth-order valence-electron chi connectivity index (χ4n) is 2.17. The van der Waals surface area contributed by atoms with Crippen molar-refractivity contribution in [2.45, 2.75) is 6.42 Å². The lowest BCUT2D eigenvalue weighted by Crippen LogP contribution is -2.24. The highest BCUT2D eigenvalue weighted by Crippen LogP contribution is 2.17. The van der Waals surface area contributed by atoms with Crippen molar-refractivity contribution in [2.24, 2.45) is 0 Å². The summed E-state index contributed by atoms with van der Waals surface area (Å²) < 4.78 is 4.72. The number of para-hydroxylation sites is 2. The van der Waals surface area contributed by atoms with Crippen LogP contribution in [-0.4, -0.2) is 32.6 Å². The van der Waals surface area contributed by atoms with Crippen molar-refractivity contribution in [3.05, 3.63) is 60.2 Å². The van der Waals surface area contributed by atoms with Gasteiger partial charge in [-0.15, -0.1) is 0 Å². The molecule has 2 rings (SSSR count). The first-order valence-electron chi connectivity index (χ1n) is 7.35. The van der Waals surface area contributed by atoms with Gasteiger partial charge in [0, 0.05) is 25.7 Å². The predicted octanol–water partition coefficient (Wildman–Crippen LogP) is 2.94. The highest BCUT2D eigenvalue weighted by molar-refractivity contribution is 6.01. The molecule has 0 aliphatic rings. The van der Waals surface area contributed by atoms with E-state index in [0.29, 0.717) is 24.2 Å². The monoisotopic (exact) mass is 312 g/mol. The number of hydrogen-bond acceptors (Lipinski definition) is 4. The number of amides is 1. The van der Waals surface area contributed by atoms with Gasteiger partial charge in [0.1, 0.15) is 0 Å². The molecule has 0 aromatic heterocycles. The van der Waals surface area contributed by atoms with Gasteiger partial charge in [0.15, 0.2) is 0 Å². The van der Waals surface area contributed by atoms with E-state index in [1.165, 1.54) is 7.11 Å². The Labute approximate surface area is 135 Å². The number of rotatable bonds is 6. The summed E-state index contributed by atoms with van der Waals surface area (Å²) in [4.78, 5) is 25.8. The van der Waals surface area contributed by atoms with Crippen LogP contribution in [0, 0.1) is 0 Å². The van der Waals surface area contributed by atoms with Crippen molar-refractivity contribution in [1.29, 1.82) is 0 Å². The van der Waals surface area contributed by atoms with Gasteiger partial charge in [-0.1, -0.05) is 30.3 Å². The zero-order valence-electron chi connectivity index (χ0n) is 13.3. The lowest BCUT2D eigenvalue weighted by atomic mass is 10.1. The number of carbonyl (C=O) groups is 2. The molecule has 2 aromatic carbocycles.